The summed E-state index contributed by atoms with van der Waals surface area (Å²) < 4.78 is 0. The second-order valence-corrected chi connectivity index (χ2v) is 2.27. The Balaban J connectivity index is 3.50. The fraction of sp³-hybridized carbons (Fsp3) is 0.625. The molecule has 0 saturated carbocycles. The average molecular weight is 173 g/mol. The van der Waals surface area contributed by atoms with Crippen molar-refractivity contribution in [1.82, 2.24) is 5.06 Å². The zero-order valence-corrected chi connectivity index (χ0v) is 7.49. The van der Waals surface area contributed by atoms with Crippen molar-refractivity contribution in [2.75, 3.05) is 20.8 Å². The predicted octanol–water partition coefficient (Wildman–Crippen LogP) is 0.335. The van der Waals surface area contributed by atoms with E-state index in [4.69, 9.17) is 5.11 Å². The van der Waals surface area contributed by atoms with E-state index in [-0.39, 0.29) is 12.5 Å². The Morgan fingerprint density at radius 2 is 2.25 bits per heavy atom. The lowest BCUT2D eigenvalue weighted by Gasteiger charge is -2.12. The quantitative estimate of drug-likeness (QED) is 0.481. The molecule has 70 valence electrons. The lowest BCUT2D eigenvalue weighted by molar-refractivity contribution is -0.168. The number of allylic oxidation sites excluding steroid dienone is 1. The van der Waals surface area contributed by atoms with Gasteiger partial charge in [-0.05, 0) is 6.42 Å². The van der Waals surface area contributed by atoms with Gasteiger partial charge in [0, 0.05) is 13.5 Å². The third kappa shape index (κ3) is 4.87. The van der Waals surface area contributed by atoms with E-state index in [1.54, 1.807) is 19.2 Å². The Labute approximate surface area is 72.4 Å². The first-order valence-electron chi connectivity index (χ1n) is 3.79. The van der Waals surface area contributed by atoms with E-state index in [0.717, 1.165) is 0 Å². The minimum absolute atomic E-state index is 0.0221. The molecular weight excluding hydrogens is 158 g/mol. The third-order valence-electron chi connectivity index (χ3n) is 1.42. The summed E-state index contributed by atoms with van der Waals surface area (Å²) in [6.45, 7) is 0.0221. The number of hydrogen-bond acceptors (Lipinski definition) is 3. The summed E-state index contributed by atoms with van der Waals surface area (Å²) in [5.74, 6) is -0.0694. The molecule has 1 amide bonds. The van der Waals surface area contributed by atoms with Gasteiger partial charge < -0.3 is 5.11 Å². The summed E-state index contributed by atoms with van der Waals surface area (Å²) in [5, 5.41) is 9.57. The van der Waals surface area contributed by atoms with Crippen LogP contribution in [0.4, 0.5) is 0 Å². The van der Waals surface area contributed by atoms with E-state index in [2.05, 4.69) is 4.84 Å². The predicted molar refractivity (Wildman–Crippen MR) is 45.2 cm³/mol. The largest absolute Gasteiger partial charge is 0.392 e. The van der Waals surface area contributed by atoms with Gasteiger partial charge in [0.15, 0.2) is 0 Å². The van der Waals surface area contributed by atoms with Crippen molar-refractivity contribution in [2.24, 2.45) is 0 Å². The van der Waals surface area contributed by atoms with Crippen molar-refractivity contribution < 1.29 is 14.7 Å². The maximum absolute atomic E-state index is 11.0. The van der Waals surface area contributed by atoms with Crippen LogP contribution in [0.1, 0.15) is 12.8 Å². The normalized spacial score (nSPS) is 10.6. The maximum atomic E-state index is 11.0. The van der Waals surface area contributed by atoms with Crippen LogP contribution in [0.15, 0.2) is 12.2 Å². The number of carbonyl (C=O) groups excluding carboxylic acids is 1. The molecule has 0 aliphatic carbocycles. The SMILES string of the molecule is CON(C)C(=O)CC/C=C/CO. The van der Waals surface area contributed by atoms with E-state index in [0.29, 0.717) is 12.8 Å². The fourth-order valence-corrected chi connectivity index (χ4v) is 0.658. The van der Waals surface area contributed by atoms with Gasteiger partial charge in [-0.1, -0.05) is 12.2 Å². The number of aliphatic hydroxyl groups excluding tert-OH is 1. The third-order valence-corrected chi connectivity index (χ3v) is 1.42. The summed E-state index contributed by atoms with van der Waals surface area (Å²) in [4.78, 5) is 15.7. The van der Waals surface area contributed by atoms with Gasteiger partial charge in [-0.2, -0.15) is 0 Å². The summed E-state index contributed by atoms with van der Waals surface area (Å²) >= 11 is 0. The Hall–Kier alpha value is -0.870. The van der Waals surface area contributed by atoms with Gasteiger partial charge in [-0.3, -0.25) is 9.63 Å². The highest BCUT2D eigenvalue weighted by Crippen LogP contribution is 1.96. The number of amides is 1. The number of carbonyl (C=O) groups is 1. The van der Waals surface area contributed by atoms with Crippen molar-refractivity contribution in [1.29, 1.82) is 0 Å². The van der Waals surface area contributed by atoms with Gasteiger partial charge in [0.2, 0.25) is 5.91 Å². The number of hydroxylamine groups is 2. The van der Waals surface area contributed by atoms with Gasteiger partial charge in [0.05, 0.1) is 13.7 Å². The highest BCUT2D eigenvalue weighted by molar-refractivity contribution is 5.74. The number of rotatable bonds is 5. The van der Waals surface area contributed by atoms with E-state index < -0.39 is 0 Å². The van der Waals surface area contributed by atoms with Crippen LogP contribution in [0.5, 0.6) is 0 Å². The number of aliphatic hydroxyl groups is 1. The van der Waals surface area contributed by atoms with Crippen molar-refractivity contribution in [3.63, 3.8) is 0 Å². The fourth-order valence-electron chi connectivity index (χ4n) is 0.658. The monoisotopic (exact) mass is 173 g/mol. The zero-order valence-electron chi connectivity index (χ0n) is 7.49. The van der Waals surface area contributed by atoms with Crippen molar-refractivity contribution in [3.05, 3.63) is 12.2 Å². The molecular formula is C8H15NO3. The van der Waals surface area contributed by atoms with Crippen LogP contribution in [-0.4, -0.2) is 36.8 Å². The summed E-state index contributed by atoms with van der Waals surface area (Å²) in [5.41, 5.74) is 0. The molecule has 0 aliphatic heterocycles. The van der Waals surface area contributed by atoms with Crippen LogP contribution < -0.4 is 0 Å². The first-order valence-corrected chi connectivity index (χ1v) is 3.79. The van der Waals surface area contributed by atoms with Crippen LogP contribution >= 0.6 is 0 Å². The molecule has 0 atom stereocenters. The van der Waals surface area contributed by atoms with Crippen LogP contribution in [0.3, 0.4) is 0 Å². The summed E-state index contributed by atoms with van der Waals surface area (Å²) in [6, 6.07) is 0. The van der Waals surface area contributed by atoms with Crippen LogP contribution in [0.25, 0.3) is 0 Å². The van der Waals surface area contributed by atoms with E-state index in [1.165, 1.54) is 12.2 Å². The standard InChI is InChI=1S/C8H15NO3/c1-9(12-2)8(11)6-4-3-5-7-10/h3,5,10H,4,6-7H2,1-2H3/b5-3+. The summed E-state index contributed by atoms with van der Waals surface area (Å²) in [7, 11) is 3.01. The molecule has 1 N–H and O–H groups in total. The maximum Gasteiger partial charge on any atom is 0.246 e. The van der Waals surface area contributed by atoms with Gasteiger partial charge >= 0.3 is 0 Å². The van der Waals surface area contributed by atoms with Crippen molar-refractivity contribution in [2.45, 2.75) is 12.8 Å². The molecule has 12 heavy (non-hydrogen) atoms. The highest BCUT2D eigenvalue weighted by atomic mass is 16.7. The highest BCUT2D eigenvalue weighted by Gasteiger charge is 2.04. The molecule has 0 spiro atoms. The molecule has 0 aromatic heterocycles. The minimum atomic E-state index is -0.0694. The molecule has 0 saturated heterocycles. The van der Waals surface area contributed by atoms with Crippen LogP contribution in [0, 0.1) is 0 Å². The molecule has 0 rings (SSSR count). The molecule has 0 unspecified atom stereocenters. The molecule has 4 nitrogen and oxygen atoms in total. The van der Waals surface area contributed by atoms with Crippen molar-refractivity contribution in [3.8, 4) is 0 Å². The molecule has 0 heterocycles. The molecule has 0 aliphatic rings. The zero-order chi connectivity index (χ0) is 9.40. The van der Waals surface area contributed by atoms with Gasteiger partial charge in [0.25, 0.3) is 0 Å². The molecule has 4 heteroatoms. The van der Waals surface area contributed by atoms with Gasteiger partial charge in [-0.15, -0.1) is 0 Å². The van der Waals surface area contributed by atoms with Crippen LogP contribution in [-0.2, 0) is 9.63 Å². The van der Waals surface area contributed by atoms with Gasteiger partial charge in [-0.25, -0.2) is 5.06 Å². The van der Waals surface area contributed by atoms with E-state index >= 15 is 0 Å². The Morgan fingerprint density at radius 1 is 1.58 bits per heavy atom. The molecule has 0 aromatic rings. The summed E-state index contributed by atoms with van der Waals surface area (Å²) in [6.07, 6.45) is 4.41. The minimum Gasteiger partial charge on any atom is -0.392 e. The van der Waals surface area contributed by atoms with Crippen LogP contribution in [0.2, 0.25) is 0 Å². The Kier molecular flexibility index (Phi) is 6.32. The average Bonchev–Trinajstić information content (AvgIpc) is 2.10. The van der Waals surface area contributed by atoms with E-state index in [9.17, 15) is 4.79 Å². The lowest BCUT2D eigenvalue weighted by Crippen LogP contribution is -2.24. The molecule has 0 aromatic carbocycles. The smallest absolute Gasteiger partial charge is 0.246 e. The van der Waals surface area contributed by atoms with E-state index in [1.807, 2.05) is 0 Å². The Morgan fingerprint density at radius 3 is 2.75 bits per heavy atom. The first kappa shape index (κ1) is 11.1. The van der Waals surface area contributed by atoms with Gasteiger partial charge in [0.1, 0.15) is 0 Å². The molecule has 0 radical (unpaired) electrons. The first-order chi connectivity index (χ1) is 5.72. The number of nitrogens with zero attached hydrogens (tertiary/aromatic N) is 1. The van der Waals surface area contributed by atoms with Crippen molar-refractivity contribution >= 4 is 5.91 Å². The lowest BCUT2D eigenvalue weighted by atomic mass is 10.3. The molecule has 0 bridgehead atoms. The number of hydrogen-bond donors (Lipinski definition) is 1. The second-order valence-electron chi connectivity index (χ2n) is 2.27. The second kappa shape index (κ2) is 6.82. The molecule has 0 fully saturated rings. The Bertz CT molecular complexity index is 156. The topological polar surface area (TPSA) is 49.8 Å².